The summed E-state index contributed by atoms with van der Waals surface area (Å²) in [6.07, 6.45) is 3.34. The number of aliphatic hydroxyl groups is 1. The molecule has 2 rings (SSSR count). The van der Waals surface area contributed by atoms with Crippen LogP contribution >= 0.6 is 0 Å². The molecular formula is C12H16N2O3. The van der Waals surface area contributed by atoms with Crippen LogP contribution in [0.5, 0.6) is 0 Å². The van der Waals surface area contributed by atoms with Crippen LogP contribution in [-0.2, 0) is 0 Å². The SMILES string of the molecule is Cc1cc(NCC2(CO)CC2)c(C(=O)O)cn1. The molecule has 1 aromatic rings. The maximum Gasteiger partial charge on any atom is 0.339 e. The summed E-state index contributed by atoms with van der Waals surface area (Å²) in [6.45, 7) is 2.56. The van der Waals surface area contributed by atoms with E-state index in [1.807, 2.05) is 6.92 Å². The number of hydrogen-bond acceptors (Lipinski definition) is 4. The first kappa shape index (κ1) is 11.9. The number of carboxylic acids is 1. The van der Waals surface area contributed by atoms with Gasteiger partial charge in [0.1, 0.15) is 5.56 Å². The van der Waals surface area contributed by atoms with Gasteiger partial charge in [0, 0.05) is 23.9 Å². The maximum atomic E-state index is 11.0. The van der Waals surface area contributed by atoms with E-state index >= 15 is 0 Å². The van der Waals surface area contributed by atoms with Gasteiger partial charge in [0.15, 0.2) is 0 Å². The molecule has 1 aromatic heterocycles. The van der Waals surface area contributed by atoms with Crippen LogP contribution in [0, 0.1) is 12.3 Å². The number of aromatic nitrogens is 1. The molecule has 0 saturated heterocycles. The number of nitrogens with one attached hydrogen (secondary N) is 1. The summed E-state index contributed by atoms with van der Waals surface area (Å²) in [5, 5.41) is 21.3. The average molecular weight is 236 g/mol. The van der Waals surface area contributed by atoms with Crippen LogP contribution in [0.25, 0.3) is 0 Å². The summed E-state index contributed by atoms with van der Waals surface area (Å²) in [7, 11) is 0. The Morgan fingerprint density at radius 3 is 2.82 bits per heavy atom. The number of nitrogens with zero attached hydrogens (tertiary/aromatic N) is 1. The summed E-state index contributed by atoms with van der Waals surface area (Å²) < 4.78 is 0. The van der Waals surface area contributed by atoms with Crippen molar-refractivity contribution >= 4 is 11.7 Å². The molecule has 0 radical (unpaired) electrons. The molecule has 1 fully saturated rings. The van der Waals surface area contributed by atoms with E-state index in [9.17, 15) is 9.90 Å². The second-order valence-corrected chi connectivity index (χ2v) is 4.69. The van der Waals surface area contributed by atoms with E-state index in [1.165, 1.54) is 6.20 Å². The molecule has 1 aliphatic rings. The van der Waals surface area contributed by atoms with E-state index in [4.69, 9.17) is 5.11 Å². The predicted molar refractivity (Wildman–Crippen MR) is 63.2 cm³/mol. The highest BCUT2D eigenvalue weighted by atomic mass is 16.4. The molecule has 0 bridgehead atoms. The lowest BCUT2D eigenvalue weighted by atomic mass is 10.1. The van der Waals surface area contributed by atoms with Gasteiger partial charge in [-0.15, -0.1) is 0 Å². The molecule has 1 aliphatic carbocycles. The lowest BCUT2D eigenvalue weighted by Crippen LogP contribution is -2.20. The van der Waals surface area contributed by atoms with Crippen LogP contribution in [-0.4, -0.2) is 34.3 Å². The Morgan fingerprint density at radius 1 is 1.59 bits per heavy atom. The molecule has 92 valence electrons. The van der Waals surface area contributed by atoms with E-state index in [2.05, 4.69) is 10.3 Å². The number of hydrogen-bond donors (Lipinski definition) is 3. The molecule has 1 heterocycles. The molecule has 5 nitrogen and oxygen atoms in total. The van der Waals surface area contributed by atoms with Crippen LogP contribution in [0.2, 0.25) is 0 Å². The van der Waals surface area contributed by atoms with Crippen molar-refractivity contribution in [3.8, 4) is 0 Å². The summed E-state index contributed by atoms with van der Waals surface area (Å²) in [5.74, 6) is -0.992. The predicted octanol–water partition coefficient (Wildman–Crippen LogP) is 1.27. The largest absolute Gasteiger partial charge is 0.478 e. The monoisotopic (exact) mass is 236 g/mol. The first-order valence-electron chi connectivity index (χ1n) is 5.61. The molecule has 0 spiro atoms. The second-order valence-electron chi connectivity index (χ2n) is 4.69. The molecule has 0 unspecified atom stereocenters. The molecular weight excluding hydrogens is 220 g/mol. The van der Waals surface area contributed by atoms with Gasteiger partial charge in [0.2, 0.25) is 0 Å². The summed E-state index contributed by atoms with van der Waals surface area (Å²) in [6, 6.07) is 1.72. The zero-order valence-electron chi connectivity index (χ0n) is 9.73. The van der Waals surface area contributed by atoms with Crippen LogP contribution in [0.1, 0.15) is 28.9 Å². The van der Waals surface area contributed by atoms with Gasteiger partial charge in [0.25, 0.3) is 0 Å². The summed E-state index contributed by atoms with van der Waals surface area (Å²) in [5.41, 5.74) is 1.47. The van der Waals surface area contributed by atoms with Gasteiger partial charge in [-0.3, -0.25) is 4.98 Å². The van der Waals surface area contributed by atoms with Crippen LogP contribution in [0.3, 0.4) is 0 Å². The van der Waals surface area contributed by atoms with Crippen molar-refractivity contribution in [3.05, 3.63) is 23.5 Å². The number of aromatic carboxylic acids is 1. The van der Waals surface area contributed by atoms with Crippen molar-refractivity contribution in [2.75, 3.05) is 18.5 Å². The minimum absolute atomic E-state index is 0.0487. The van der Waals surface area contributed by atoms with Gasteiger partial charge in [-0.2, -0.15) is 0 Å². The standard InChI is InChI=1S/C12H16N2O3/c1-8-4-10(9(5-13-8)11(16)17)14-6-12(7-15)2-3-12/h4-5,15H,2-3,6-7H2,1H3,(H,13,14)(H,16,17). The Morgan fingerprint density at radius 2 is 2.29 bits per heavy atom. The van der Waals surface area contributed by atoms with E-state index in [0.29, 0.717) is 12.2 Å². The van der Waals surface area contributed by atoms with Crippen LogP contribution in [0.4, 0.5) is 5.69 Å². The lowest BCUT2D eigenvalue weighted by molar-refractivity contribution is 0.0697. The Bertz CT molecular complexity index is 441. The first-order valence-corrected chi connectivity index (χ1v) is 5.61. The highest BCUT2D eigenvalue weighted by molar-refractivity contribution is 5.93. The van der Waals surface area contributed by atoms with E-state index < -0.39 is 5.97 Å². The maximum absolute atomic E-state index is 11.0. The van der Waals surface area contributed by atoms with Gasteiger partial charge in [-0.25, -0.2) is 4.79 Å². The summed E-state index contributed by atoms with van der Waals surface area (Å²) >= 11 is 0. The fourth-order valence-electron chi connectivity index (χ4n) is 1.73. The topological polar surface area (TPSA) is 82.5 Å². The fourth-order valence-corrected chi connectivity index (χ4v) is 1.73. The number of aryl methyl sites for hydroxylation is 1. The number of aliphatic hydroxyl groups excluding tert-OH is 1. The second kappa shape index (κ2) is 4.33. The molecule has 0 amide bonds. The number of carboxylic acid groups (broad SMARTS) is 1. The van der Waals surface area contributed by atoms with Gasteiger partial charge < -0.3 is 15.5 Å². The van der Waals surface area contributed by atoms with E-state index in [-0.39, 0.29) is 17.6 Å². The minimum atomic E-state index is -0.992. The molecule has 17 heavy (non-hydrogen) atoms. The fraction of sp³-hybridized carbons (Fsp3) is 0.500. The Kier molecular flexibility index (Phi) is 3.02. The van der Waals surface area contributed by atoms with Gasteiger partial charge in [0.05, 0.1) is 12.3 Å². The molecule has 3 N–H and O–H groups in total. The molecule has 0 aliphatic heterocycles. The van der Waals surface area contributed by atoms with Crippen molar-refractivity contribution < 1.29 is 15.0 Å². The van der Waals surface area contributed by atoms with Gasteiger partial charge >= 0.3 is 5.97 Å². The Hall–Kier alpha value is -1.62. The van der Waals surface area contributed by atoms with E-state index in [1.54, 1.807) is 6.07 Å². The zero-order valence-corrected chi connectivity index (χ0v) is 9.73. The van der Waals surface area contributed by atoms with Crippen molar-refractivity contribution in [1.29, 1.82) is 0 Å². The third kappa shape index (κ3) is 2.55. The number of anilines is 1. The molecule has 1 saturated carbocycles. The van der Waals surface area contributed by atoms with Gasteiger partial charge in [-0.05, 0) is 25.8 Å². The Labute approximate surface area is 99.5 Å². The van der Waals surface area contributed by atoms with Crippen molar-refractivity contribution in [1.82, 2.24) is 4.98 Å². The van der Waals surface area contributed by atoms with Crippen molar-refractivity contribution in [3.63, 3.8) is 0 Å². The molecule has 5 heteroatoms. The molecule has 0 atom stereocenters. The smallest absolute Gasteiger partial charge is 0.339 e. The van der Waals surface area contributed by atoms with Crippen LogP contribution in [0.15, 0.2) is 12.3 Å². The summed E-state index contributed by atoms with van der Waals surface area (Å²) in [4.78, 5) is 15.0. The molecule has 0 aromatic carbocycles. The number of pyridine rings is 1. The normalized spacial score (nSPS) is 16.6. The van der Waals surface area contributed by atoms with Crippen LogP contribution < -0.4 is 5.32 Å². The first-order chi connectivity index (χ1) is 8.06. The van der Waals surface area contributed by atoms with Gasteiger partial charge in [-0.1, -0.05) is 0 Å². The lowest BCUT2D eigenvalue weighted by Gasteiger charge is -2.15. The zero-order chi connectivity index (χ0) is 12.5. The Balaban J connectivity index is 2.13. The minimum Gasteiger partial charge on any atom is -0.478 e. The average Bonchev–Trinajstić information content (AvgIpc) is 3.07. The third-order valence-electron chi connectivity index (χ3n) is 3.22. The van der Waals surface area contributed by atoms with E-state index in [0.717, 1.165) is 18.5 Å². The van der Waals surface area contributed by atoms with Crippen molar-refractivity contribution in [2.24, 2.45) is 5.41 Å². The third-order valence-corrected chi connectivity index (χ3v) is 3.22. The number of rotatable bonds is 5. The highest BCUT2D eigenvalue weighted by Gasteiger charge is 2.41. The van der Waals surface area contributed by atoms with Crippen molar-refractivity contribution in [2.45, 2.75) is 19.8 Å². The number of carbonyl (C=O) groups is 1. The highest BCUT2D eigenvalue weighted by Crippen LogP contribution is 2.45. The quantitative estimate of drug-likeness (QED) is 0.717.